The maximum Gasteiger partial charge on any atom is 0.337 e. The van der Waals surface area contributed by atoms with E-state index in [-0.39, 0.29) is 16.8 Å². The van der Waals surface area contributed by atoms with Crippen molar-refractivity contribution in [3.05, 3.63) is 131 Å². The van der Waals surface area contributed by atoms with Crippen LogP contribution in [0.2, 0.25) is 0 Å². The topological polar surface area (TPSA) is 96.0 Å². The molecule has 0 radical (unpaired) electrons. The number of hydrogen-bond acceptors (Lipinski definition) is 6. The van der Waals surface area contributed by atoms with Gasteiger partial charge in [-0.1, -0.05) is 60.7 Å². The number of carbonyl (C=O) groups excluding carboxylic acids is 2. The maximum absolute atomic E-state index is 13.5. The Bertz CT molecular complexity index is 1550. The molecule has 5 rings (SSSR count). The SMILES string of the molecule is COC(=O)c1ccc(C(=O)Nc2ccc(S(=O)(=O)N3CCN(C(c4ccccc4)c4ccccc4)CC3)cc2)cc1. The predicted octanol–water partition coefficient (Wildman–Crippen LogP) is 4.82. The summed E-state index contributed by atoms with van der Waals surface area (Å²) in [6.07, 6.45) is 0. The van der Waals surface area contributed by atoms with Crippen molar-refractivity contribution >= 4 is 27.6 Å². The highest BCUT2D eigenvalue weighted by molar-refractivity contribution is 7.89. The zero-order valence-electron chi connectivity index (χ0n) is 22.6. The Morgan fingerprint density at radius 3 is 1.73 bits per heavy atom. The van der Waals surface area contributed by atoms with Gasteiger partial charge >= 0.3 is 5.97 Å². The Morgan fingerprint density at radius 1 is 0.707 bits per heavy atom. The third-order valence-corrected chi connectivity index (χ3v) is 9.10. The fourth-order valence-corrected chi connectivity index (χ4v) is 6.45. The molecule has 0 aromatic heterocycles. The van der Waals surface area contributed by atoms with E-state index in [9.17, 15) is 18.0 Å². The minimum atomic E-state index is -3.70. The second-order valence-corrected chi connectivity index (χ2v) is 11.6. The van der Waals surface area contributed by atoms with Crippen LogP contribution in [-0.4, -0.2) is 62.8 Å². The number of piperazine rings is 1. The quantitative estimate of drug-likeness (QED) is 0.306. The van der Waals surface area contributed by atoms with Gasteiger partial charge in [0.05, 0.1) is 23.6 Å². The molecule has 1 amide bonds. The van der Waals surface area contributed by atoms with E-state index in [4.69, 9.17) is 0 Å². The summed E-state index contributed by atoms with van der Waals surface area (Å²) in [4.78, 5) is 26.7. The highest BCUT2D eigenvalue weighted by Gasteiger charge is 2.32. The van der Waals surface area contributed by atoms with Gasteiger partial charge in [-0.3, -0.25) is 9.69 Å². The van der Waals surface area contributed by atoms with Crippen LogP contribution in [0.5, 0.6) is 0 Å². The number of nitrogens with zero attached hydrogens (tertiary/aromatic N) is 2. The Labute approximate surface area is 240 Å². The Morgan fingerprint density at radius 2 is 1.22 bits per heavy atom. The fraction of sp³-hybridized carbons (Fsp3) is 0.188. The number of anilines is 1. The summed E-state index contributed by atoms with van der Waals surface area (Å²) in [6.45, 7) is 1.93. The number of carbonyl (C=O) groups is 2. The number of nitrogens with one attached hydrogen (secondary N) is 1. The lowest BCUT2D eigenvalue weighted by atomic mass is 9.96. The molecule has 1 aliphatic rings. The van der Waals surface area contributed by atoms with Crippen molar-refractivity contribution in [1.82, 2.24) is 9.21 Å². The lowest BCUT2D eigenvalue weighted by Gasteiger charge is -2.39. The summed E-state index contributed by atoms with van der Waals surface area (Å²) in [6, 6.07) is 32.8. The van der Waals surface area contributed by atoms with E-state index in [1.807, 2.05) is 36.4 Å². The number of sulfonamides is 1. The van der Waals surface area contributed by atoms with Crippen LogP contribution in [0.4, 0.5) is 5.69 Å². The van der Waals surface area contributed by atoms with Crippen LogP contribution < -0.4 is 5.32 Å². The van der Waals surface area contributed by atoms with Gasteiger partial charge in [-0.15, -0.1) is 0 Å². The largest absolute Gasteiger partial charge is 0.465 e. The van der Waals surface area contributed by atoms with Crippen LogP contribution in [0.25, 0.3) is 0 Å². The number of hydrogen-bond donors (Lipinski definition) is 1. The van der Waals surface area contributed by atoms with Gasteiger partial charge in [-0.25, -0.2) is 13.2 Å². The average Bonchev–Trinajstić information content (AvgIpc) is 3.02. The van der Waals surface area contributed by atoms with Crippen molar-refractivity contribution in [3.63, 3.8) is 0 Å². The van der Waals surface area contributed by atoms with E-state index in [0.717, 1.165) is 0 Å². The average molecular weight is 570 g/mol. The summed E-state index contributed by atoms with van der Waals surface area (Å²) < 4.78 is 33.1. The van der Waals surface area contributed by atoms with Crippen molar-refractivity contribution in [3.8, 4) is 0 Å². The highest BCUT2D eigenvalue weighted by Crippen LogP contribution is 2.30. The standard InChI is InChI=1S/C32H31N3O5S/c1-40-32(37)27-14-12-26(13-15-27)31(36)33-28-16-18-29(19-17-28)41(38,39)35-22-20-34(21-23-35)30(24-8-4-2-5-9-24)25-10-6-3-7-11-25/h2-19,30H,20-23H2,1H3,(H,33,36). The number of amides is 1. The Kier molecular flexibility index (Phi) is 8.58. The lowest BCUT2D eigenvalue weighted by Crippen LogP contribution is -2.49. The number of rotatable bonds is 8. The van der Waals surface area contributed by atoms with E-state index in [0.29, 0.717) is 43.0 Å². The molecular weight excluding hydrogens is 538 g/mol. The molecule has 0 aliphatic carbocycles. The van der Waals surface area contributed by atoms with Gasteiger partial charge in [0.15, 0.2) is 0 Å². The summed E-state index contributed by atoms with van der Waals surface area (Å²) >= 11 is 0. The fourth-order valence-electron chi connectivity index (χ4n) is 5.02. The molecule has 8 nitrogen and oxygen atoms in total. The molecule has 1 aliphatic heterocycles. The molecule has 0 unspecified atom stereocenters. The van der Waals surface area contributed by atoms with Crippen molar-refractivity contribution < 1.29 is 22.7 Å². The molecular formula is C32H31N3O5S. The summed E-state index contributed by atoms with van der Waals surface area (Å²) in [5.74, 6) is -0.859. The Balaban J connectivity index is 1.23. The van der Waals surface area contributed by atoms with Crippen LogP contribution in [0, 0.1) is 0 Å². The second kappa shape index (κ2) is 12.5. The molecule has 41 heavy (non-hydrogen) atoms. The van der Waals surface area contributed by atoms with Crippen molar-refractivity contribution in [2.75, 3.05) is 38.6 Å². The minimum absolute atomic E-state index is 0.0434. The highest BCUT2D eigenvalue weighted by atomic mass is 32.2. The number of esters is 1. The first-order valence-electron chi connectivity index (χ1n) is 13.3. The molecule has 4 aromatic rings. The zero-order chi connectivity index (χ0) is 28.8. The molecule has 1 heterocycles. The number of benzene rings is 4. The van der Waals surface area contributed by atoms with Crippen molar-refractivity contribution in [2.45, 2.75) is 10.9 Å². The first kappa shape index (κ1) is 28.2. The third kappa shape index (κ3) is 6.38. The summed E-state index contributed by atoms with van der Waals surface area (Å²) in [5.41, 5.74) is 3.51. The van der Waals surface area contributed by atoms with Gasteiger partial charge in [0.2, 0.25) is 10.0 Å². The summed E-state index contributed by atoms with van der Waals surface area (Å²) in [5, 5.41) is 2.76. The van der Waals surface area contributed by atoms with Gasteiger partial charge in [-0.2, -0.15) is 4.31 Å². The van der Waals surface area contributed by atoms with E-state index in [1.165, 1.54) is 58.9 Å². The molecule has 0 saturated carbocycles. The molecule has 0 bridgehead atoms. The predicted molar refractivity (Wildman–Crippen MR) is 157 cm³/mol. The molecule has 9 heteroatoms. The monoisotopic (exact) mass is 569 g/mol. The second-order valence-electron chi connectivity index (χ2n) is 9.71. The number of ether oxygens (including phenoxy) is 1. The molecule has 4 aromatic carbocycles. The number of methoxy groups -OCH3 is 1. The Hall–Kier alpha value is -4.31. The lowest BCUT2D eigenvalue weighted by molar-refractivity contribution is 0.0600. The molecule has 0 atom stereocenters. The normalized spacial score (nSPS) is 14.5. The van der Waals surface area contributed by atoms with Crippen LogP contribution in [0.3, 0.4) is 0 Å². The first-order chi connectivity index (χ1) is 19.9. The van der Waals surface area contributed by atoms with Gasteiger partial charge < -0.3 is 10.1 Å². The van der Waals surface area contributed by atoms with E-state index < -0.39 is 16.0 Å². The van der Waals surface area contributed by atoms with Crippen LogP contribution >= 0.6 is 0 Å². The first-order valence-corrected chi connectivity index (χ1v) is 14.7. The summed E-state index contributed by atoms with van der Waals surface area (Å²) in [7, 11) is -2.41. The van der Waals surface area contributed by atoms with Gasteiger partial charge in [-0.05, 0) is 59.7 Å². The maximum atomic E-state index is 13.5. The van der Waals surface area contributed by atoms with Gasteiger partial charge in [0.25, 0.3) is 5.91 Å². The van der Waals surface area contributed by atoms with Gasteiger partial charge in [0.1, 0.15) is 0 Å². The molecule has 210 valence electrons. The van der Waals surface area contributed by atoms with Crippen LogP contribution in [-0.2, 0) is 14.8 Å². The molecule has 0 spiro atoms. The smallest absolute Gasteiger partial charge is 0.337 e. The molecule has 1 N–H and O–H groups in total. The van der Waals surface area contributed by atoms with Crippen molar-refractivity contribution in [1.29, 1.82) is 0 Å². The third-order valence-electron chi connectivity index (χ3n) is 7.19. The van der Waals surface area contributed by atoms with Crippen LogP contribution in [0.1, 0.15) is 37.9 Å². The van der Waals surface area contributed by atoms with Crippen molar-refractivity contribution in [2.24, 2.45) is 0 Å². The zero-order valence-corrected chi connectivity index (χ0v) is 23.5. The molecule has 1 saturated heterocycles. The van der Waals surface area contributed by atoms with Crippen LogP contribution in [0.15, 0.2) is 114 Å². The van der Waals surface area contributed by atoms with E-state index >= 15 is 0 Å². The minimum Gasteiger partial charge on any atom is -0.465 e. The van der Waals surface area contributed by atoms with E-state index in [2.05, 4.69) is 39.2 Å². The van der Waals surface area contributed by atoms with E-state index in [1.54, 1.807) is 12.1 Å². The molecule has 1 fully saturated rings. The van der Waals surface area contributed by atoms with Gasteiger partial charge in [0, 0.05) is 37.4 Å².